The number of thioether (sulfide) groups is 1. The van der Waals surface area contributed by atoms with E-state index >= 15 is 0 Å². The Bertz CT molecular complexity index is 422. The van der Waals surface area contributed by atoms with Crippen molar-refractivity contribution in [2.24, 2.45) is 5.73 Å². The largest absolute Gasteiger partial charge is 0.337 e. The molecule has 1 aliphatic heterocycles. The lowest BCUT2D eigenvalue weighted by Crippen LogP contribution is -2.46. The second-order valence-corrected chi connectivity index (χ2v) is 5.65. The fraction of sp³-hybridized carbons (Fsp3) is 0.500. The van der Waals surface area contributed by atoms with Crippen molar-refractivity contribution in [2.45, 2.75) is 25.4 Å². The summed E-state index contributed by atoms with van der Waals surface area (Å²) in [5.41, 5.74) is 8.57. The van der Waals surface area contributed by atoms with Gasteiger partial charge in [0, 0.05) is 13.1 Å². The summed E-state index contributed by atoms with van der Waals surface area (Å²) in [6.07, 6.45) is 3.74. The molecule has 3 nitrogen and oxygen atoms in total. The van der Waals surface area contributed by atoms with Crippen molar-refractivity contribution in [3.8, 4) is 0 Å². The molecule has 1 atom stereocenters. The second-order valence-electron chi connectivity index (χ2n) is 4.67. The van der Waals surface area contributed by atoms with Crippen molar-refractivity contribution in [3.05, 3.63) is 35.4 Å². The van der Waals surface area contributed by atoms with Crippen LogP contribution in [-0.2, 0) is 17.8 Å². The summed E-state index contributed by atoms with van der Waals surface area (Å²) in [6, 6.07) is 7.98. The Morgan fingerprint density at radius 2 is 2.17 bits per heavy atom. The zero-order valence-corrected chi connectivity index (χ0v) is 11.6. The molecule has 0 spiro atoms. The molecule has 0 aromatic heterocycles. The normalized spacial score (nSPS) is 16.2. The fourth-order valence-corrected chi connectivity index (χ4v) is 2.78. The van der Waals surface area contributed by atoms with E-state index in [1.165, 1.54) is 11.1 Å². The molecule has 18 heavy (non-hydrogen) atoms. The number of benzene rings is 1. The van der Waals surface area contributed by atoms with Crippen LogP contribution in [0.2, 0.25) is 0 Å². The van der Waals surface area contributed by atoms with Gasteiger partial charge in [-0.25, -0.2) is 0 Å². The summed E-state index contributed by atoms with van der Waals surface area (Å²) in [4.78, 5) is 14.1. The van der Waals surface area contributed by atoms with E-state index in [9.17, 15) is 4.79 Å². The molecule has 2 N–H and O–H groups in total. The maximum Gasteiger partial charge on any atom is 0.239 e. The van der Waals surface area contributed by atoms with Gasteiger partial charge in [0.05, 0.1) is 6.04 Å². The van der Waals surface area contributed by atoms with E-state index in [-0.39, 0.29) is 11.9 Å². The maximum absolute atomic E-state index is 12.2. The minimum Gasteiger partial charge on any atom is -0.337 e. The number of carbonyl (C=O) groups is 1. The summed E-state index contributed by atoms with van der Waals surface area (Å²) in [7, 11) is 0. The van der Waals surface area contributed by atoms with Gasteiger partial charge in [0.1, 0.15) is 0 Å². The average molecular weight is 264 g/mol. The molecule has 0 radical (unpaired) electrons. The highest BCUT2D eigenvalue weighted by Crippen LogP contribution is 2.19. The van der Waals surface area contributed by atoms with Gasteiger partial charge in [-0.2, -0.15) is 11.8 Å². The van der Waals surface area contributed by atoms with Gasteiger partial charge < -0.3 is 10.6 Å². The predicted molar refractivity (Wildman–Crippen MR) is 76.5 cm³/mol. The Kier molecular flexibility index (Phi) is 4.66. The van der Waals surface area contributed by atoms with E-state index in [0.29, 0.717) is 6.54 Å². The molecule has 1 aromatic carbocycles. The Morgan fingerprint density at radius 1 is 1.44 bits per heavy atom. The first kappa shape index (κ1) is 13.4. The van der Waals surface area contributed by atoms with Crippen molar-refractivity contribution in [1.82, 2.24) is 4.90 Å². The first-order chi connectivity index (χ1) is 8.72. The lowest BCUT2D eigenvalue weighted by molar-refractivity contribution is -0.133. The Hall–Kier alpha value is -1.00. The van der Waals surface area contributed by atoms with Gasteiger partial charge in [-0.15, -0.1) is 0 Å². The van der Waals surface area contributed by atoms with E-state index < -0.39 is 0 Å². The molecule has 2 rings (SSSR count). The number of hydrogen-bond acceptors (Lipinski definition) is 3. The highest BCUT2D eigenvalue weighted by atomic mass is 32.2. The van der Waals surface area contributed by atoms with Crippen molar-refractivity contribution >= 4 is 17.7 Å². The van der Waals surface area contributed by atoms with Crippen LogP contribution in [0.1, 0.15) is 17.5 Å². The van der Waals surface area contributed by atoms with E-state index in [1.54, 1.807) is 11.8 Å². The highest BCUT2D eigenvalue weighted by Gasteiger charge is 2.24. The quantitative estimate of drug-likeness (QED) is 0.899. The Labute approximate surface area is 113 Å². The minimum atomic E-state index is -0.345. The van der Waals surface area contributed by atoms with Gasteiger partial charge in [-0.1, -0.05) is 24.3 Å². The molecule has 4 heteroatoms. The average Bonchev–Trinajstić information content (AvgIpc) is 2.43. The van der Waals surface area contributed by atoms with Gasteiger partial charge in [0.25, 0.3) is 0 Å². The van der Waals surface area contributed by atoms with Crippen LogP contribution in [0.15, 0.2) is 24.3 Å². The third-order valence-corrected chi connectivity index (χ3v) is 4.04. The molecule has 0 aliphatic carbocycles. The second kappa shape index (κ2) is 6.25. The van der Waals surface area contributed by atoms with Crippen molar-refractivity contribution in [2.75, 3.05) is 18.6 Å². The first-order valence-electron chi connectivity index (χ1n) is 6.32. The highest BCUT2D eigenvalue weighted by molar-refractivity contribution is 7.98. The molecule has 1 heterocycles. The number of fused-ring (bicyclic) bond motifs is 1. The van der Waals surface area contributed by atoms with Crippen LogP contribution in [0.25, 0.3) is 0 Å². The topological polar surface area (TPSA) is 46.3 Å². The zero-order valence-electron chi connectivity index (χ0n) is 10.8. The summed E-state index contributed by atoms with van der Waals surface area (Å²) >= 11 is 1.73. The summed E-state index contributed by atoms with van der Waals surface area (Å²) in [5, 5.41) is 0. The molecule has 1 amide bonds. The van der Waals surface area contributed by atoms with E-state index in [2.05, 4.69) is 18.2 Å². The summed E-state index contributed by atoms with van der Waals surface area (Å²) in [6.45, 7) is 1.50. The van der Waals surface area contributed by atoms with Crippen LogP contribution in [0.4, 0.5) is 0 Å². The molecule has 98 valence electrons. The van der Waals surface area contributed by atoms with Crippen LogP contribution < -0.4 is 5.73 Å². The van der Waals surface area contributed by atoms with Crippen LogP contribution in [-0.4, -0.2) is 35.4 Å². The smallest absolute Gasteiger partial charge is 0.239 e. The molecular weight excluding hydrogens is 244 g/mol. The number of rotatable bonds is 4. The standard InChI is InChI=1S/C14H20N2OS/c1-18-9-7-13(15)14(17)16-8-6-11-4-2-3-5-12(11)10-16/h2-5,13H,6-10,15H2,1H3. The number of carbonyl (C=O) groups excluding carboxylic acids is 1. The molecule has 0 saturated carbocycles. The van der Waals surface area contributed by atoms with Crippen molar-refractivity contribution in [3.63, 3.8) is 0 Å². The summed E-state index contributed by atoms with van der Waals surface area (Å²) in [5.74, 6) is 1.04. The van der Waals surface area contributed by atoms with Gasteiger partial charge in [-0.3, -0.25) is 4.79 Å². The fourth-order valence-electron chi connectivity index (χ4n) is 2.29. The third kappa shape index (κ3) is 3.06. The SMILES string of the molecule is CSCCC(N)C(=O)N1CCc2ccccc2C1. The van der Waals surface area contributed by atoms with Crippen molar-refractivity contribution < 1.29 is 4.79 Å². The molecule has 0 saturated heterocycles. The first-order valence-corrected chi connectivity index (χ1v) is 7.72. The Morgan fingerprint density at radius 3 is 2.89 bits per heavy atom. The van der Waals surface area contributed by atoms with Crippen LogP contribution in [0.5, 0.6) is 0 Å². The molecular formula is C14H20N2OS. The molecule has 1 aromatic rings. The molecule has 1 unspecified atom stereocenters. The van der Waals surface area contributed by atoms with Gasteiger partial charge in [-0.05, 0) is 36.0 Å². The van der Waals surface area contributed by atoms with E-state index in [1.807, 2.05) is 17.2 Å². The van der Waals surface area contributed by atoms with Crippen LogP contribution >= 0.6 is 11.8 Å². The van der Waals surface area contributed by atoms with Gasteiger partial charge in [0.15, 0.2) is 0 Å². The zero-order chi connectivity index (χ0) is 13.0. The molecule has 0 fully saturated rings. The van der Waals surface area contributed by atoms with E-state index in [4.69, 9.17) is 5.73 Å². The van der Waals surface area contributed by atoms with Crippen molar-refractivity contribution in [1.29, 1.82) is 0 Å². The lowest BCUT2D eigenvalue weighted by Gasteiger charge is -2.30. The number of nitrogens with zero attached hydrogens (tertiary/aromatic N) is 1. The monoisotopic (exact) mass is 264 g/mol. The molecule has 0 bridgehead atoms. The maximum atomic E-state index is 12.2. The molecule has 1 aliphatic rings. The number of nitrogens with two attached hydrogens (primary N) is 1. The van der Waals surface area contributed by atoms with Crippen LogP contribution in [0, 0.1) is 0 Å². The Balaban J connectivity index is 1.98. The third-order valence-electron chi connectivity index (χ3n) is 3.39. The summed E-state index contributed by atoms with van der Waals surface area (Å²) < 4.78 is 0. The van der Waals surface area contributed by atoms with Gasteiger partial charge >= 0.3 is 0 Å². The lowest BCUT2D eigenvalue weighted by atomic mass is 9.99. The minimum absolute atomic E-state index is 0.0959. The number of amides is 1. The van der Waals surface area contributed by atoms with Crippen LogP contribution in [0.3, 0.4) is 0 Å². The number of hydrogen-bond donors (Lipinski definition) is 1. The predicted octanol–water partition coefficient (Wildman–Crippen LogP) is 1.65. The van der Waals surface area contributed by atoms with Gasteiger partial charge in [0.2, 0.25) is 5.91 Å². The van der Waals surface area contributed by atoms with E-state index in [0.717, 1.165) is 25.1 Å².